The minimum atomic E-state index is -0.972. The molecular weight excluding hydrogens is 260 g/mol. The smallest absolute Gasteiger partial charge is 0.335 e. The van der Waals surface area contributed by atoms with Crippen LogP contribution in [-0.4, -0.2) is 35.5 Å². The largest absolute Gasteiger partial charge is 0.478 e. The summed E-state index contributed by atoms with van der Waals surface area (Å²) in [4.78, 5) is 36.1. The average Bonchev–Trinajstić information content (AvgIpc) is 3.03. The van der Waals surface area contributed by atoms with Crippen molar-refractivity contribution in [3.63, 3.8) is 0 Å². The van der Waals surface area contributed by atoms with Gasteiger partial charge in [0.05, 0.1) is 5.56 Å². The van der Waals surface area contributed by atoms with Crippen LogP contribution in [0.5, 0.6) is 0 Å². The van der Waals surface area contributed by atoms with Gasteiger partial charge < -0.3 is 15.3 Å². The van der Waals surface area contributed by atoms with Crippen LogP contribution in [0.3, 0.4) is 0 Å². The number of nitrogens with zero attached hydrogens (tertiary/aromatic N) is 1. The van der Waals surface area contributed by atoms with E-state index in [0.717, 1.165) is 11.3 Å². The summed E-state index contributed by atoms with van der Waals surface area (Å²) in [5.41, 5.74) is 1.84. The minimum absolute atomic E-state index is 0.0935. The summed E-state index contributed by atoms with van der Waals surface area (Å²) in [5.74, 6) is -1.18. The van der Waals surface area contributed by atoms with Crippen molar-refractivity contribution in [2.24, 2.45) is 0 Å². The zero-order valence-corrected chi connectivity index (χ0v) is 10.8. The van der Waals surface area contributed by atoms with Crippen LogP contribution in [0, 0.1) is 0 Å². The normalized spacial score (nSPS) is 20.7. The second-order valence-electron chi connectivity index (χ2n) is 5.05. The van der Waals surface area contributed by atoms with Crippen LogP contribution in [0.25, 0.3) is 0 Å². The summed E-state index contributed by atoms with van der Waals surface area (Å²) in [6.07, 6.45) is 1.55. The fourth-order valence-electron chi connectivity index (χ4n) is 2.75. The van der Waals surface area contributed by atoms with Crippen molar-refractivity contribution in [2.45, 2.75) is 25.3 Å². The molecule has 2 heterocycles. The van der Waals surface area contributed by atoms with Gasteiger partial charge in [-0.3, -0.25) is 9.59 Å². The molecule has 104 valence electrons. The van der Waals surface area contributed by atoms with Gasteiger partial charge in [0, 0.05) is 18.7 Å². The molecule has 1 aromatic carbocycles. The highest BCUT2D eigenvalue weighted by molar-refractivity contribution is 6.02. The molecule has 3 rings (SSSR count). The highest BCUT2D eigenvalue weighted by Gasteiger charge is 2.34. The first-order valence-corrected chi connectivity index (χ1v) is 6.53. The number of carbonyl (C=O) groups is 3. The summed E-state index contributed by atoms with van der Waals surface area (Å²) >= 11 is 0. The van der Waals surface area contributed by atoms with Gasteiger partial charge in [0.25, 0.3) is 0 Å². The number of nitrogens with one attached hydrogen (secondary N) is 1. The maximum absolute atomic E-state index is 12.4. The molecule has 0 unspecified atom stereocenters. The molecule has 2 aliphatic heterocycles. The van der Waals surface area contributed by atoms with Gasteiger partial charge in [-0.15, -0.1) is 0 Å². The van der Waals surface area contributed by atoms with Gasteiger partial charge in [-0.1, -0.05) is 0 Å². The van der Waals surface area contributed by atoms with E-state index >= 15 is 0 Å². The molecular formula is C14H14N2O4. The lowest BCUT2D eigenvalue weighted by molar-refractivity contribution is -0.124. The second kappa shape index (κ2) is 4.63. The Kier molecular flexibility index (Phi) is 2.93. The lowest BCUT2D eigenvalue weighted by Gasteiger charge is -2.21. The third-order valence-corrected chi connectivity index (χ3v) is 3.78. The zero-order valence-electron chi connectivity index (χ0n) is 10.8. The number of carboxylic acid groups (broad SMARTS) is 1. The first-order chi connectivity index (χ1) is 9.56. The Morgan fingerprint density at radius 2 is 2.10 bits per heavy atom. The van der Waals surface area contributed by atoms with E-state index in [1.807, 2.05) is 0 Å². The number of aromatic carboxylic acids is 1. The Labute approximate surface area is 115 Å². The molecule has 0 aromatic heterocycles. The third kappa shape index (κ3) is 2.03. The van der Waals surface area contributed by atoms with Crippen LogP contribution >= 0.6 is 0 Å². The Balaban J connectivity index is 1.84. The fourth-order valence-corrected chi connectivity index (χ4v) is 2.75. The molecule has 1 aromatic rings. The molecule has 20 heavy (non-hydrogen) atoms. The van der Waals surface area contributed by atoms with Gasteiger partial charge in [-0.25, -0.2) is 4.79 Å². The summed E-state index contributed by atoms with van der Waals surface area (Å²) in [6.45, 7) is 0.531. The highest BCUT2D eigenvalue weighted by Crippen LogP contribution is 2.30. The Bertz CT molecular complexity index is 611. The van der Waals surface area contributed by atoms with Crippen molar-refractivity contribution >= 4 is 23.5 Å². The van der Waals surface area contributed by atoms with Gasteiger partial charge in [0.1, 0.15) is 6.04 Å². The number of carboxylic acids is 1. The van der Waals surface area contributed by atoms with Crippen molar-refractivity contribution < 1.29 is 19.5 Å². The van der Waals surface area contributed by atoms with Gasteiger partial charge in [0.2, 0.25) is 11.8 Å². The quantitative estimate of drug-likeness (QED) is 0.824. The fraction of sp³-hybridized carbons (Fsp3) is 0.357. The van der Waals surface area contributed by atoms with Crippen molar-refractivity contribution in [3.05, 3.63) is 29.3 Å². The lowest BCUT2D eigenvalue weighted by atomic mass is 10.1. The Morgan fingerprint density at radius 3 is 2.75 bits per heavy atom. The molecule has 0 spiro atoms. The van der Waals surface area contributed by atoms with Crippen LogP contribution < -0.4 is 10.2 Å². The maximum Gasteiger partial charge on any atom is 0.335 e. The SMILES string of the molecule is O=C1CC[C@@H](C(=O)N2CCc3cc(C(=O)O)ccc32)N1. The van der Waals surface area contributed by atoms with Crippen LogP contribution in [0.1, 0.15) is 28.8 Å². The number of amides is 2. The van der Waals surface area contributed by atoms with Gasteiger partial charge >= 0.3 is 5.97 Å². The predicted molar refractivity (Wildman–Crippen MR) is 70.6 cm³/mol. The number of rotatable bonds is 2. The molecule has 1 fully saturated rings. The molecule has 6 nitrogen and oxygen atoms in total. The number of hydrogen-bond acceptors (Lipinski definition) is 3. The minimum Gasteiger partial charge on any atom is -0.478 e. The van der Waals surface area contributed by atoms with E-state index < -0.39 is 12.0 Å². The van der Waals surface area contributed by atoms with Crippen LogP contribution in [-0.2, 0) is 16.0 Å². The second-order valence-corrected chi connectivity index (χ2v) is 5.05. The van der Waals surface area contributed by atoms with E-state index in [1.165, 1.54) is 6.07 Å². The average molecular weight is 274 g/mol. The van der Waals surface area contributed by atoms with Crippen molar-refractivity contribution in [2.75, 3.05) is 11.4 Å². The Morgan fingerprint density at radius 1 is 1.30 bits per heavy atom. The molecule has 1 atom stereocenters. The van der Waals surface area contributed by atoms with Gasteiger partial charge in [0.15, 0.2) is 0 Å². The highest BCUT2D eigenvalue weighted by atomic mass is 16.4. The predicted octanol–water partition coefficient (Wildman–Crippen LogP) is 0.552. The first kappa shape index (κ1) is 12.7. The number of anilines is 1. The molecule has 0 saturated carbocycles. The monoisotopic (exact) mass is 274 g/mol. The van der Waals surface area contributed by atoms with Gasteiger partial charge in [-0.05, 0) is 36.6 Å². The molecule has 2 aliphatic rings. The zero-order chi connectivity index (χ0) is 14.3. The van der Waals surface area contributed by atoms with E-state index in [0.29, 0.717) is 25.8 Å². The first-order valence-electron chi connectivity index (χ1n) is 6.53. The molecule has 6 heteroatoms. The van der Waals surface area contributed by atoms with E-state index in [1.54, 1.807) is 17.0 Å². The number of carbonyl (C=O) groups excluding carboxylic acids is 2. The van der Waals surface area contributed by atoms with E-state index in [-0.39, 0.29) is 17.4 Å². The third-order valence-electron chi connectivity index (χ3n) is 3.78. The van der Waals surface area contributed by atoms with E-state index in [9.17, 15) is 14.4 Å². The summed E-state index contributed by atoms with van der Waals surface area (Å²) in [7, 11) is 0. The number of fused-ring (bicyclic) bond motifs is 1. The summed E-state index contributed by atoms with van der Waals surface area (Å²) < 4.78 is 0. The van der Waals surface area contributed by atoms with Crippen LogP contribution in [0.15, 0.2) is 18.2 Å². The van der Waals surface area contributed by atoms with E-state index in [4.69, 9.17) is 5.11 Å². The topological polar surface area (TPSA) is 86.7 Å². The summed E-state index contributed by atoms with van der Waals surface area (Å²) in [5, 5.41) is 11.6. The molecule has 0 radical (unpaired) electrons. The number of benzene rings is 1. The summed E-state index contributed by atoms with van der Waals surface area (Å²) in [6, 6.07) is 4.33. The standard InChI is InChI=1S/C14H14N2O4/c17-12-4-2-10(15-12)13(18)16-6-5-8-7-9(14(19)20)1-3-11(8)16/h1,3,7,10H,2,4-6H2,(H,15,17)(H,19,20)/t10-/m0/s1. The molecule has 0 bridgehead atoms. The molecule has 2 N–H and O–H groups in total. The van der Waals surface area contributed by atoms with Crippen LogP contribution in [0.2, 0.25) is 0 Å². The van der Waals surface area contributed by atoms with E-state index in [2.05, 4.69) is 5.32 Å². The van der Waals surface area contributed by atoms with Crippen LogP contribution in [0.4, 0.5) is 5.69 Å². The maximum atomic E-state index is 12.4. The molecule has 0 aliphatic carbocycles. The number of hydrogen-bond donors (Lipinski definition) is 2. The molecule has 1 saturated heterocycles. The molecule has 2 amide bonds. The van der Waals surface area contributed by atoms with Gasteiger partial charge in [-0.2, -0.15) is 0 Å². The van der Waals surface area contributed by atoms with Crippen molar-refractivity contribution in [1.29, 1.82) is 0 Å². The Hall–Kier alpha value is -2.37. The van der Waals surface area contributed by atoms with Crippen molar-refractivity contribution in [1.82, 2.24) is 5.32 Å². The van der Waals surface area contributed by atoms with Crippen molar-refractivity contribution in [3.8, 4) is 0 Å². The lowest BCUT2D eigenvalue weighted by Crippen LogP contribution is -2.43.